The van der Waals surface area contributed by atoms with E-state index in [2.05, 4.69) is 61.2 Å². The van der Waals surface area contributed by atoms with Crippen LogP contribution in [0.4, 0.5) is 0 Å². The highest BCUT2D eigenvalue weighted by Crippen LogP contribution is 2.26. The Morgan fingerprint density at radius 2 is 1.37 bits per heavy atom. The van der Waals surface area contributed by atoms with Crippen molar-refractivity contribution >= 4 is 27.5 Å². The molecule has 0 aliphatic rings. The number of hydrogen-bond acceptors (Lipinski definition) is 2. The Morgan fingerprint density at radius 3 is 2.07 bits per heavy atom. The van der Waals surface area contributed by atoms with E-state index in [1.807, 2.05) is 0 Å². The summed E-state index contributed by atoms with van der Waals surface area (Å²) in [5, 5.41) is 5.40. The third-order valence-electron chi connectivity index (χ3n) is 5.76. The number of fused-ring (bicyclic) bond motifs is 2. The zero-order chi connectivity index (χ0) is 21.2. The molecule has 2 nitrogen and oxygen atoms in total. The van der Waals surface area contributed by atoms with Crippen molar-refractivity contribution in [3.8, 4) is 0 Å². The molecular weight excluding hydrogens is 368 g/mol. The molecule has 0 saturated heterocycles. The highest BCUT2D eigenvalue weighted by Gasteiger charge is 2.04. The van der Waals surface area contributed by atoms with Crippen molar-refractivity contribution < 1.29 is 9.53 Å². The number of carbonyl (C=O) groups is 1. The van der Waals surface area contributed by atoms with E-state index < -0.39 is 0 Å². The Labute approximate surface area is 180 Å². The lowest BCUT2D eigenvalue weighted by molar-refractivity contribution is -0.139. The van der Waals surface area contributed by atoms with Crippen molar-refractivity contribution in [3.63, 3.8) is 0 Å². The van der Waals surface area contributed by atoms with Crippen LogP contribution in [0.15, 0.2) is 66.7 Å². The second kappa shape index (κ2) is 11.5. The minimum atomic E-state index is -0.269. The van der Waals surface area contributed by atoms with Crippen LogP contribution in [0.25, 0.3) is 21.5 Å². The summed E-state index contributed by atoms with van der Waals surface area (Å²) in [5.74, 6) is -0.269. The van der Waals surface area contributed by atoms with Crippen LogP contribution in [0, 0.1) is 0 Å². The van der Waals surface area contributed by atoms with Crippen molar-refractivity contribution in [2.45, 2.75) is 64.7 Å². The fourth-order valence-corrected chi connectivity index (χ4v) is 4.02. The maximum absolute atomic E-state index is 11.3. The second-order valence-corrected chi connectivity index (χ2v) is 8.33. The lowest BCUT2D eigenvalue weighted by Gasteiger charge is -2.09. The summed E-state index contributed by atoms with van der Waals surface area (Å²) < 4.78 is 5.12. The van der Waals surface area contributed by atoms with Gasteiger partial charge in [0.2, 0.25) is 0 Å². The van der Waals surface area contributed by atoms with Gasteiger partial charge in [0.05, 0.1) is 6.61 Å². The van der Waals surface area contributed by atoms with Gasteiger partial charge in [-0.2, -0.15) is 0 Å². The largest absolute Gasteiger partial charge is 0.462 e. The summed E-state index contributed by atoms with van der Waals surface area (Å²) >= 11 is 0. The number of aryl methyl sites for hydroxylation is 1. The van der Waals surface area contributed by atoms with Gasteiger partial charge >= 0.3 is 5.97 Å². The Kier molecular flexibility index (Phi) is 8.50. The molecule has 0 radical (unpaired) electrons. The molecule has 0 unspecified atom stereocenters. The smallest absolute Gasteiger partial charge is 0.333 e. The third kappa shape index (κ3) is 6.45. The Bertz CT molecular complexity index is 986. The predicted octanol–water partition coefficient (Wildman–Crippen LogP) is 7.78. The van der Waals surface area contributed by atoms with Gasteiger partial charge in [0.25, 0.3) is 0 Å². The van der Waals surface area contributed by atoms with Gasteiger partial charge in [-0.25, -0.2) is 4.79 Å². The molecular formula is C28H34O2. The number of hydrogen-bond donors (Lipinski definition) is 0. The highest BCUT2D eigenvalue weighted by molar-refractivity contribution is 5.99. The van der Waals surface area contributed by atoms with E-state index in [0.717, 1.165) is 19.3 Å². The zero-order valence-electron chi connectivity index (χ0n) is 18.3. The monoisotopic (exact) mass is 402 g/mol. The molecule has 0 bridgehead atoms. The maximum Gasteiger partial charge on any atom is 0.333 e. The minimum Gasteiger partial charge on any atom is -0.462 e. The van der Waals surface area contributed by atoms with Crippen LogP contribution >= 0.6 is 0 Å². The summed E-state index contributed by atoms with van der Waals surface area (Å²) in [6.07, 6.45) is 10.9. The Balaban J connectivity index is 1.32. The van der Waals surface area contributed by atoms with Gasteiger partial charge in [0.1, 0.15) is 0 Å². The van der Waals surface area contributed by atoms with Crippen molar-refractivity contribution in [3.05, 3.63) is 72.3 Å². The van der Waals surface area contributed by atoms with E-state index in [1.165, 1.54) is 65.6 Å². The molecule has 0 aromatic heterocycles. The first kappa shape index (κ1) is 22.1. The number of ether oxygens (including phenoxy) is 1. The molecule has 0 spiro atoms. The summed E-state index contributed by atoms with van der Waals surface area (Å²) in [5.41, 5.74) is 1.95. The topological polar surface area (TPSA) is 26.3 Å². The first-order valence-electron chi connectivity index (χ1n) is 11.4. The molecule has 0 aliphatic heterocycles. The van der Waals surface area contributed by atoms with Crippen LogP contribution in [0.1, 0.15) is 63.9 Å². The molecule has 30 heavy (non-hydrogen) atoms. The van der Waals surface area contributed by atoms with Gasteiger partial charge in [-0.15, -0.1) is 0 Å². The molecule has 158 valence electrons. The maximum atomic E-state index is 11.3. The van der Waals surface area contributed by atoms with Crippen molar-refractivity contribution in [1.29, 1.82) is 0 Å². The van der Waals surface area contributed by atoms with Crippen LogP contribution in [0.3, 0.4) is 0 Å². The van der Waals surface area contributed by atoms with Crippen LogP contribution in [0.5, 0.6) is 0 Å². The predicted molar refractivity (Wildman–Crippen MR) is 128 cm³/mol. The van der Waals surface area contributed by atoms with Crippen molar-refractivity contribution in [1.82, 2.24) is 0 Å². The van der Waals surface area contributed by atoms with Crippen LogP contribution in [-0.2, 0) is 16.0 Å². The van der Waals surface area contributed by atoms with E-state index >= 15 is 0 Å². The summed E-state index contributed by atoms with van der Waals surface area (Å²) in [6.45, 7) is 5.80. The molecule has 0 heterocycles. The number of esters is 1. The molecule has 0 fully saturated rings. The molecule has 3 aromatic carbocycles. The van der Waals surface area contributed by atoms with E-state index in [1.54, 1.807) is 6.92 Å². The van der Waals surface area contributed by atoms with Gasteiger partial charge in [-0.3, -0.25) is 0 Å². The van der Waals surface area contributed by atoms with Gasteiger partial charge in [-0.1, -0.05) is 87.6 Å². The Hall–Kier alpha value is -2.61. The number of benzene rings is 3. The molecule has 0 amide bonds. The summed E-state index contributed by atoms with van der Waals surface area (Å²) in [6, 6.07) is 20.0. The molecule has 3 aromatic rings. The van der Waals surface area contributed by atoms with Crippen LogP contribution in [-0.4, -0.2) is 12.6 Å². The standard InChI is InChI=1S/C28H34O2/c1-22(2)28(29)30-19-12-8-6-4-3-5-7-9-14-23-17-13-18-26-20-24-15-10-11-16-25(24)21-27(23)26/h10-11,13,15-18,20-21H,1,3-9,12,14,19H2,2H3. The zero-order valence-corrected chi connectivity index (χ0v) is 18.3. The van der Waals surface area contributed by atoms with Gasteiger partial charge in [0.15, 0.2) is 0 Å². The molecule has 0 aliphatic carbocycles. The highest BCUT2D eigenvalue weighted by atomic mass is 16.5. The average Bonchev–Trinajstić information content (AvgIpc) is 2.75. The number of unbranched alkanes of at least 4 members (excludes halogenated alkanes) is 7. The number of rotatable bonds is 12. The van der Waals surface area contributed by atoms with E-state index in [4.69, 9.17) is 4.74 Å². The average molecular weight is 403 g/mol. The second-order valence-electron chi connectivity index (χ2n) is 8.33. The lowest BCUT2D eigenvalue weighted by atomic mass is 9.96. The van der Waals surface area contributed by atoms with Crippen LogP contribution in [0.2, 0.25) is 0 Å². The lowest BCUT2D eigenvalue weighted by Crippen LogP contribution is -2.05. The SMILES string of the molecule is C=C(C)C(=O)OCCCCCCCCCCc1cccc2cc3ccccc3cc12. The fourth-order valence-electron chi connectivity index (χ4n) is 4.02. The quantitative estimate of drug-likeness (QED) is 0.134. The van der Waals surface area contributed by atoms with E-state index in [0.29, 0.717) is 12.2 Å². The van der Waals surface area contributed by atoms with E-state index in [9.17, 15) is 4.79 Å². The molecule has 0 saturated carbocycles. The molecule has 0 atom stereocenters. The molecule has 2 heteroatoms. The molecule has 0 N–H and O–H groups in total. The number of carbonyl (C=O) groups excluding carboxylic acids is 1. The first-order chi connectivity index (χ1) is 14.6. The summed E-state index contributed by atoms with van der Waals surface area (Å²) in [4.78, 5) is 11.3. The Morgan fingerprint density at radius 1 is 0.767 bits per heavy atom. The minimum absolute atomic E-state index is 0.269. The first-order valence-corrected chi connectivity index (χ1v) is 11.4. The van der Waals surface area contributed by atoms with Gasteiger partial charge in [-0.05, 0) is 65.4 Å². The van der Waals surface area contributed by atoms with Gasteiger partial charge < -0.3 is 4.74 Å². The summed E-state index contributed by atoms with van der Waals surface area (Å²) in [7, 11) is 0. The fraction of sp³-hybridized carbons (Fsp3) is 0.393. The van der Waals surface area contributed by atoms with Crippen molar-refractivity contribution in [2.75, 3.05) is 6.61 Å². The van der Waals surface area contributed by atoms with Crippen molar-refractivity contribution in [2.24, 2.45) is 0 Å². The van der Waals surface area contributed by atoms with E-state index in [-0.39, 0.29) is 5.97 Å². The normalized spacial score (nSPS) is 11.1. The van der Waals surface area contributed by atoms with Gasteiger partial charge in [0, 0.05) is 5.57 Å². The third-order valence-corrected chi connectivity index (χ3v) is 5.76. The molecule has 3 rings (SSSR count). The van der Waals surface area contributed by atoms with Crippen LogP contribution < -0.4 is 0 Å².